The Kier molecular flexibility index (Phi) is 5.56. The summed E-state index contributed by atoms with van der Waals surface area (Å²) in [5, 5.41) is 10.1. The van der Waals surface area contributed by atoms with Crippen LogP contribution in [0, 0.1) is 5.92 Å². The van der Waals surface area contributed by atoms with E-state index in [1.807, 2.05) is 0 Å². The van der Waals surface area contributed by atoms with Crippen molar-refractivity contribution in [1.29, 1.82) is 0 Å². The molecule has 0 atom stereocenters. The molecular weight excluding hydrogens is 365 g/mol. The van der Waals surface area contributed by atoms with Gasteiger partial charge in [-0.3, -0.25) is 0 Å². The van der Waals surface area contributed by atoms with Gasteiger partial charge in [0, 0.05) is 19.0 Å². The van der Waals surface area contributed by atoms with Crippen molar-refractivity contribution in [2.45, 2.75) is 6.61 Å². The van der Waals surface area contributed by atoms with Crippen molar-refractivity contribution in [3.05, 3.63) is 58.1 Å². The zero-order valence-corrected chi connectivity index (χ0v) is 14.8. The average molecular weight is 382 g/mol. The number of halogens is 2. The maximum Gasteiger partial charge on any atom is 0.410 e. The molecule has 0 aliphatic carbocycles. The normalized spacial score (nSPS) is 14.1. The third-order valence-electron chi connectivity index (χ3n) is 3.88. The van der Waals surface area contributed by atoms with Crippen LogP contribution >= 0.6 is 23.2 Å². The van der Waals surface area contributed by atoms with E-state index in [0.717, 1.165) is 5.56 Å². The van der Waals surface area contributed by atoms with E-state index in [1.54, 1.807) is 47.4 Å². The molecule has 0 aromatic heterocycles. The van der Waals surface area contributed by atoms with Crippen LogP contribution in [0.15, 0.2) is 42.5 Å². The van der Waals surface area contributed by atoms with E-state index in [9.17, 15) is 9.90 Å². The molecule has 0 spiro atoms. The standard InChI is InChI=1S/C18H17Cl2NO4/c19-16-6-1-12(7-17(16)20)10-25-18(23)21-8-13(9-21)11-24-15-4-2-14(22)3-5-15/h1-7,13,22H,8-11H2. The minimum absolute atomic E-state index is 0.154. The minimum Gasteiger partial charge on any atom is -0.508 e. The number of phenolic OH excluding ortho intramolecular Hbond substituents is 1. The lowest BCUT2D eigenvalue weighted by molar-refractivity contribution is 0.0342. The molecule has 132 valence electrons. The van der Waals surface area contributed by atoms with E-state index in [-0.39, 0.29) is 24.4 Å². The van der Waals surface area contributed by atoms with Gasteiger partial charge in [0.1, 0.15) is 18.1 Å². The molecule has 1 fully saturated rings. The lowest BCUT2D eigenvalue weighted by Gasteiger charge is -2.37. The van der Waals surface area contributed by atoms with Crippen molar-refractivity contribution in [2.24, 2.45) is 5.92 Å². The molecule has 1 aliphatic rings. The molecule has 1 N–H and O–H groups in total. The lowest BCUT2D eigenvalue weighted by Crippen LogP contribution is -2.52. The summed E-state index contributed by atoms with van der Waals surface area (Å²) in [6, 6.07) is 11.7. The molecule has 0 bridgehead atoms. The van der Waals surface area contributed by atoms with Crippen LogP contribution in [0.2, 0.25) is 10.0 Å². The molecule has 0 unspecified atom stereocenters. The Balaban J connectivity index is 1.37. The summed E-state index contributed by atoms with van der Waals surface area (Å²) >= 11 is 11.8. The molecule has 3 rings (SSSR count). The second-order valence-corrected chi connectivity index (χ2v) is 6.69. The number of carbonyl (C=O) groups excluding carboxylic acids is 1. The quantitative estimate of drug-likeness (QED) is 0.836. The van der Waals surface area contributed by atoms with E-state index in [2.05, 4.69) is 0 Å². The Morgan fingerprint density at radius 3 is 2.52 bits per heavy atom. The van der Waals surface area contributed by atoms with Crippen molar-refractivity contribution >= 4 is 29.3 Å². The Morgan fingerprint density at radius 1 is 1.12 bits per heavy atom. The van der Waals surface area contributed by atoms with E-state index >= 15 is 0 Å². The zero-order chi connectivity index (χ0) is 17.8. The summed E-state index contributed by atoms with van der Waals surface area (Å²) in [6.45, 7) is 1.86. The van der Waals surface area contributed by atoms with Gasteiger partial charge in [-0.1, -0.05) is 29.3 Å². The molecule has 1 heterocycles. The van der Waals surface area contributed by atoms with Gasteiger partial charge in [-0.2, -0.15) is 0 Å². The molecule has 0 radical (unpaired) electrons. The van der Waals surface area contributed by atoms with Crippen molar-refractivity contribution in [1.82, 2.24) is 4.90 Å². The Morgan fingerprint density at radius 2 is 1.84 bits per heavy atom. The first-order valence-corrected chi connectivity index (χ1v) is 8.54. The molecule has 2 aromatic rings. The molecule has 25 heavy (non-hydrogen) atoms. The molecule has 7 heteroatoms. The maximum atomic E-state index is 12.0. The topological polar surface area (TPSA) is 59.0 Å². The van der Waals surface area contributed by atoms with Gasteiger partial charge < -0.3 is 19.5 Å². The number of ether oxygens (including phenoxy) is 2. The maximum absolute atomic E-state index is 12.0. The number of phenols is 1. The molecule has 1 aliphatic heterocycles. The fourth-order valence-electron chi connectivity index (χ4n) is 2.45. The number of rotatable bonds is 5. The second kappa shape index (κ2) is 7.85. The first-order chi connectivity index (χ1) is 12.0. The first-order valence-electron chi connectivity index (χ1n) is 7.79. The summed E-state index contributed by atoms with van der Waals surface area (Å²) in [6.07, 6.45) is -0.355. The molecule has 1 amide bonds. The van der Waals surface area contributed by atoms with Crippen LogP contribution in [-0.2, 0) is 11.3 Å². The predicted molar refractivity (Wildman–Crippen MR) is 95.3 cm³/mol. The number of carbonyl (C=O) groups is 1. The van der Waals surface area contributed by atoms with Crippen LogP contribution in [0.4, 0.5) is 4.79 Å². The van der Waals surface area contributed by atoms with Gasteiger partial charge >= 0.3 is 6.09 Å². The number of hydrogen-bond acceptors (Lipinski definition) is 4. The minimum atomic E-state index is -0.355. The number of likely N-dealkylation sites (tertiary alicyclic amines) is 1. The number of hydrogen-bond donors (Lipinski definition) is 1. The van der Waals surface area contributed by atoms with Crippen molar-refractivity contribution < 1.29 is 19.4 Å². The number of benzene rings is 2. The Bertz CT molecular complexity index is 745. The summed E-state index contributed by atoms with van der Waals surface area (Å²) in [5.41, 5.74) is 0.787. The lowest BCUT2D eigenvalue weighted by atomic mass is 10.0. The predicted octanol–water partition coefficient (Wildman–Crippen LogP) is 4.35. The van der Waals surface area contributed by atoms with E-state index in [4.69, 9.17) is 32.7 Å². The summed E-state index contributed by atoms with van der Waals surface area (Å²) in [7, 11) is 0. The summed E-state index contributed by atoms with van der Waals surface area (Å²) in [5.74, 6) is 1.16. The highest BCUT2D eigenvalue weighted by Crippen LogP contribution is 2.24. The van der Waals surface area contributed by atoms with Crippen molar-refractivity contribution in [2.75, 3.05) is 19.7 Å². The van der Waals surface area contributed by atoms with Gasteiger partial charge in [0.25, 0.3) is 0 Å². The van der Waals surface area contributed by atoms with Gasteiger partial charge in [0.15, 0.2) is 0 Å². The van der Waals surface area contributed by atoms with Gasteiger partial charge in [0.05, 0.1) is 16.7 Å². The van der Waals surface area contributed by atoms with E-state index in [0.29, 0.717) is 35.5 Å². The van der Waals surface area contributed by atoms with Crippen molar-refractivity contribution in [3.8, 4) is 11.5 Å². The molecule has 1 saturated heterocycles. The second-order valence-electron chi connectivity index (χ2n) is 5.88. The average Bonchev–Trinajstić information content (AvgIpc) is 2.56. The monoisotopic (exact) mass is 381 g/mol. The fraction of sp³-hybridized carbons (Fsp3) is 0.278. The van der Waals surface area contributed by atoms with Crippen LogP contribution < -0.4 is 4.74 Å². The van der Waals surface area contributed by atoms with Gasteiger partial charge in [-0.05, 0) is 42.0 Å². The third-order valence-corrected chi connectivity index (χ3v) is 4.62. The Labute approximate surface area is 155 Å². The Hall–Kier alpha value is -2.11. The van der Waals surface area contributed by atoms with Gasteiger partial charge in [-0.25, -0.2) is 4.79 Å². The third kappa shape index (κ3) is 4.71. The zero-order valence-electron chi connectivity index (χ0n) is 13.3. The largest absolute Gasteiger partial charge is 0.508 e. The first kappa shape index (κ1) is 17.7. The number of nitrogens with zero attached hydrogens (tertiary/aromatic N) is 1. The molecule has 2 aromatic carbocycles. The smallest absolute Gasteiger partial charge is 0.410 e. The highest BCUT2D eigenvalue weighted by Gasteiger charge is 2.32. The summed E-state index contributed by atoms with van der Waals surface area (Å²) < 4.78 is 10.9. The van der Waals surface area contributed by atoms with Crippen LogP contribution in [0.1, 0.15) is 5.56 Å². The van der Waals surface area contributed by atoms with Crippen LogP contribution in [0.5, 0.6) is 11.5 Å². The highest BCUT2D eigenvalue weighted by atomic mass is 35.5. The number of amides is 1. The highest BCUT2D eigenvalue weighted by molar-refractivity contribution is 6.42. The van der Waals surface area contributed by atoms with Gasteiger partial charge in [-0.15, -0.1) is 0 Å². The SMILES string of the molecule is O=C(OCc1ccc(Cl)c(Cl)c1)N1CC(COc2ccc(O)cc2)C1. The van der Waals surface area contributed by atoms with Gasteiger partial charge in [0.2, 0.25) is 0 Å². The molecule has 5 nitrogen and oxygen atoms in total. The molecular formula is C18H17Cl2NO4. The van der Waals surface area contributed by atoms with Crippen LogP contribution in [0.25, 0.3) is 0 Å². The van der Waals surface area contributed by atoms with Crippen molar-refractivity contribution in [3.63, 3.8) is 0 Å². The molecule has 0 saturated carbocycles. The van der Waals surface area contributed by atoms with E-state index < -0.39 is 0 Å². The van der Waals surface area contributed by atoms with Crippen LogP contribution in [0.3, 0.4) is 0 Å². The number of aromatic hydroxyl groups is 1. The van der Waals surface area contributed by atoms with E-state index in [1.165, 1.54) is 0 Å². The summed E-state index contributed by atoms with van der Waals surface area (Å²) in [4.78, 5) is 13.6. The fourth-order valence-corrected chi connectivity index (χ4v) is 2.77. The van der Waals surface area contributed by atoms with Crippen LogP contribution in [-0.4, -0.2) is 35.8 Å².